The molecule has 0 spiro atoms. The number of nitrogens with zero attached hydrogens (tertiary/aromatic N) is 3. The van der Waals surface area contributed by atoms with Gasteiger partial charge in [0.05, 0.1) is 15.9 Å². The minimum absolute atomic E-state index is 0.0156. The van der Waals surface area contributed by atoms with Crippen molar-refractivity contribution >= 4 is 38.9 Å². The van der Waals surface area contributed by atoms with E-state index in [9.17, 15) is 18.5 Å². The summed E-state index contributed by atoms with van der Waals surface area (Å²) < 4.78 is 30.2. The van der Waals surface area contributed by atoms with Gasteiger partial charge in [-0.05, 0) is 42.0 Å². The van der Waals surface area contributed by atoms with Crippen LogP contribution in [0.2, 0.25) is 10.0 Å². The van der Waals surface area contributed by atoms with Gasteiger partial charge in [-0.3, -0.25) is 10.1 Å². The number of rotatable bonds is 4. The van der Waals surface area contributed by atoms with Gasteiger partial charge in [0.2, 0.25) is 10.0 Å². The van der Waals surface area contributed by atoms with Gasteiger partial charge in [-0.15, -0.1) is 0 Å². The molecule has 3 aromatic rings. The summed E-state index contributed by atoms with van der Waals surface area (Å²) in [5, 5.41) is 11.7. The van der Waals surface area contributed by atoms with Crippen LogP contribution >= 0.6 is 23.2 Å². The summed E-state index contributed by atoms with van der Waals surface area (Å²) in [6, 6.07) is 12.9. The Bertz CT molecular complexity index is 1190. The van der Waals surface area contributed by atoms with Crippen LogP contribution in [0.4, 0.5) is 5.69 Å². The summed E-state index contributed by atoms with van der Waals surface area (Å²) in [5.74, 6) is 0. The van der Waals surface area contributed by atoms with Crippen LogP contribution in [0.15, 0.2) is 65.7 Å². The number of hydrogen-bond donors (Lipinski definition) is 0. The van der Waals surface area contributed by atoms with Gasteiger partial charge in [-0.2, -0.15) is 4.31 Å². The number of sulfonamides is 1. The molecule has 4 rings (SSSR count). The molecule has 29 heavy (non-hydrogen) atoms. The summed E-state index contributed by atoms with van der Waals surface area (Å²) in [4.78, 5) is 10.3. The number of nitro benzene ring substituents is 1. The highest BCUT2D eigenvalue weighted by atomic mass is 35.5. The molecule has 0 N–H and O–H groups in total. The molecule has 2 aromatic carbocycles. The summed E-state index contributed by atoms with van der Waals surface area (Å²) >= 11 is 12.4. The molecule has 0 saturated carbocycles. The van der Waals surface area contributed by atoms with E-state index in [4.69, 9.17) is 23.2 Å². The van der Waals surface area contributed by atoms with Crippen molar-refractivity contribution in [3.63, 3.8) is 0 Å². The van der Waals surface area contributed by atoms with Gasteiger partial charge < -0.3 is 4.57 Å². The Morgan fingerprint density at radius 1 is 1.03 bits per heavy atom. The van der Waals surface area contributed by atoms with Gasteiger partial charge in [0.1, 0.15) is 0 Å². The van der Waals surface area contributed by atoms with Crippen LogP contribution in [0.5, 0.6) is 0 Å². The fourth-order valence-corrected chi connectivity index (χ4v) is 5.62. The van der Waals surface area contributed by atoms with E-state index in [-0.39, 0.29) is 17.1 Å². The van der Waals surface area contributed by atoms with E-state index in [2.05, 4.69) is 0 Å². The smallest absolute Gasteiger partial charge is 0.269 e. The molecule has 0 radical (unpaired) electrons. The van der Waals surface area contributed by atoms with Gasteiger partial charge >= 0.3 is 0 Å². The Morgan fingerprint density at radius 2 is 1.76 bits per heavy atom. The van der Waals surface area contributed by atoms with Crippen LogP contribution < -0.4 is 0 Å². The second-order valence-corrected chi connectivity index (χ2v) is 9.30. The highest BCUT2D eigenvalue weighted by Crippen LogP contribution is 2.40. The van der Waals surface area contributed by atoms with Crippen molar-refractivity contribution in [1.29, 1.82) is 0 Å². The topological polar surface area (TPSA) is 85.4 Å². The third-order valence-electron chi connectivity index (χ3n) is 4.91. The van der Waals surface area contributed by atoms with Crippen molar-refractivity contribution in [2.24, 2.45) is 0 Å². The van der Waals surface area contributed by atoms with Crippen LogP contribution in [0, 0.1) is 10.1 Å². The highest BCUT2D eigenvalue weighted by Gasteiger charge is 2.38. The second kappa shape index (κ2) is 7.46. The van der Waals surface area contributed by atoms with E-state index in [0.717, 1.165) is 5.69 Å². The molecule has 1 unspecified atom stereocenters. The lowest BCUT2D eigenvalue weighted by Gasteiger charge is -2.36. The zero-order valence-electron chi connectivity index (χ0n) is 14.9. The van der Waals surface area contributed by atoms with E-state index in [1.807, 2.05) is 22.9 Å². The maximum Gasteiger partial charge on any atom is 0.269 e. The van der Waals surface area contributed by atoms with Crippen molar-refractivity contribution in [1.82, 2.24) is 8.87 Å². The Kier molecular flexibility index (Phi) is 5.12. The van der Waals surface area contributed by atoms with Crippen molar-refractivity contribution < 1.29 is 13.3 Å². The van der Waals surface area contributed by atoms with Crippen molar-refractivity contribution in [2.45, 2.75) is 17.5 Å². The van der Waals surface area contributed by atoms with E-state index in [1.54, 1.807) is 18.2 Å². The monoisotopic (exact) mass is 451 g/mol. The first-order valence-electron chi connectivity index (χ1n) is 8.65. The number of halogens is 2. The van der Waals surface area contributed by atoms with Crippen LogP contribution in [-0.2, 0) is 16.6 Å². The van der Waals surface area contributed by atoms with E-state index in [1.165, 1.54) is 28.6 Å². The Labute approximate surface area is 177 Å². The molecule has 1 atom stereocenters. The van der Waals surface area contributed by atoms with Gasteiger partial charge in [0, 0.05) is 47.2 Å². The molecule has 0 aliphatic carbocycles. The number of fused-ring (bicyclic) bond motifs is 1. The van der Waals surface area contributed by atoms with Crippen LogP contribution in [0.3, 0.4) is 0 Å². The van der Waals surface area contributed by atoms with Crippen molar-refractivity contribution in [2.75, 3.05) is 6.54 Å². The quantitative estimate of drug-likeness (QED) is 0.431. The van der Waals surface area contributed by atoms with Crippen molar-refractivity contribution in [3.05, 3.63) is 92.2 Å². The summed E-state index contributed by atoms with van der Waals surface area (Å²) in [7, 11) is -3.94. The van der Waals surface area contributed by atoms with E-state index >= 15 is 0 Å². The van der Waals surface area contributed by atoms with Crippen LogP contribution in [0.1, 0.15) is 17.3 Å². The minimum atomic E-state index is -3.94. The number of hydrogen-bond acceptors (Lipinski definition) is 4. The molecular weight excluding hydrogens is 437 g/mol. The van der Waals surface area contributed by atoms with Crippen LogP contribution in [-0.4, -0.2) is 28.8 Å². The molecule has 2 heterocycles. The highest BCUT2D eigenvalue weighted by molar-refractivity contribution is 7.89. The SMILES string of the molecule is O=[N+]([O-])c1ccc(S(=O)(=O)N2CCn3cccc3C2c2ccc(Cl)cc2Cl)cc1. The number of nitro groups is 1. The summed E-state index contributed by atoms with van der Waals surface area (Å²) in [6.45, 7) is 0.709. The van der Waals surface area contributed by atoms with E-state index < -0.39 is 21.0 Å². The van der Waals surface area contributed by atoms with Gasteiger partial charge in [0.15, 0.2) is 0 Å². The Hall–Kier alpha value is -2.39. The molecule has 150 valence electrons. The largest absolute Gasteiger partial charge is 0.348 e. The normalized spacial score (nSPS) is 17.1. The average Bonchev–Trinajstić information content (AvgIpc) is 3.16. The first-order chi connectivity index (χ1) is 13.8. The van der Waals surface area contributed by atoms with Gasteiger partial charge in [-0.25, -0.2) is 8.42 Å². The zero-order valence-corrected chi connectivity index (χ0v) is 17.2. The standard InChI is InChI=1S/C19H15Cl2N3O4S/c20-13-3-8-16(17(21)12-13)19-18-2-1-9-22(18)10-11-23(19)29(27,28)15-6-4-14(5-7-15)24(25)26/h1-9,12,19H,10-11H2. The minimum Gasteiger partial charge on any atom is -0.348 e. The Morgan fingerprint density at radius 3 is 2.41 bits per heavy atom. The summed E-state index contributed by atoms with van der Waals surface area (Å²) in [6.07, 6.45) is 1.89. The maximum atomic E-state index is 13.4. The third kappa shape index (κ3) is 3.53. The van der Waals surface area contributed by atoms with Crippen molar-refractivity contribution in [3.8, 4) is 0 Å². The molecule has 0 saturated heterocycles. The molecule has 7 nitrogen and oxygen atoms in total. The molecule has 1 aromatic heterocycles. The Balaban J connectivity index is 1.83. The molecule has 0 fully saturated rings. The van der Waals surface area contributed by atoms with Crippen LogP contribution in [0.25, 0.3) is 0 Å². The number of aromatic nitrogens is 1. The number of non-ortho nitro benzene ring substituents is 1. The summed E-state index contributed by atoms with van der Waals surface area (Å²) in [5.41, 5.74) is 1.22. The lowest BCUT2D eigenvalue weighted by atomic mass is 10.0. The molecular formula is C19H15Cl2N3O4S. The molecule has 10 heteroatoms. The maximum absolute atomic E-state index is 13.4. The first kappa shape index (κ1) is 19.9. The average molecular weight is 452 g/mol. The molecule has 1 aliphatic heterocycles. The lowest BCUT2D eigenvalue weighted by Crippen LogP contribution is -2.42. The molecule has 0 bridgehead atoms. The number of benzene rings is 2. The third-order valence-corrected chi connectivity index (χ3v) is 7.35. The lowest BCUT2D eigenvalue weighted by molar-refractivity contribution is -0.384. The van der Waals surface area contributed by atoms with Gasteiger partial charge in [0.25, 0.3) is 5.69 Å². The fourth-order valence-electron chi connectivity index (χ4n) is 3.53. The predicted octanol–water partition coefficient (Wildman–Crippen LogP) is 4.50. The van der Waals surface area contributed by atoms with Gasteiger partial charge in [-0.1, -0.05) is 29.3 Å². The van der Waals surface area contributed by atoms with E-state index in [0.29, 0.717) is 22.2 Å². The first-order valence-corrected chi connectivity index (χ1v) is 10.8. The second-order valence-electron chi connectivity index (χ2n) is 6.56. The predicted molar refractivity (Wildman–Crippen MR) is 110 cm³/mol. The molecule has 1 aliphatic rings. The molecule has 0 amide bonds. The zero-order chi connectivity index (χ0) is 20.8. The fraction of sp³-hybridized carbons (Fsp3) is 0.158.